The average Bonchev–Trinajstić information content (AvgIpc) is 2.59. The van der Waals surface area contributed by atoms with Gasteiger partial charge in [0, 0.05) is 17.8 Å². The summed E-state index contributed by atoms with van der Waals surface area (Å²) in [6.07, 6.45) is 0. The number of hydrogen-bond acceptors (Lipinski definition) is 4. The molecular weight excluding hydrogens is 365 g/mol. The van der Waals surface area contributed by atoms with Crippen LogP contribution in [0.2, 0.25) is 10.0 Å². The highest BCUT2D eigenvalue weighted by Gasteiger charge is 2.09. The van der Waals surface area contributed by atoms with Crippen molar-refractivity contribution in [2.45, 2.75) is 13.8 Å². The number of rotatable bonds is 8. The van der Waals surface area contributed by atoms with Gasteiger partial charge >= 0.3 is 0 Å². The van der Waals surface area contributed by atoms with Gasteiger partial charge in [-0.15, -0.1) is 0 Å². The predicted octanol–water partition coefficient (Wildman–Crippen LogP) is 4.81. The van der Waals surface area contributed by atoms with E-state index in [-0.39, 0.29) is 12.5 Å². The van der Waals surface area contributed by atoms with Crippen LogP contribution in [0.4, 0.5) is 5.69 Å². The smallest absolute Gasteiger partial charge is 0.262 e. The monoisotopic (exact) mass is 383 g/mol. The lowest BCUT2D eigenvalue weighted by molar-refractivity contribution is -0.118. The first-order valence-electron chi connectivity index (χ1n) is 7.80. The summed E-state index contributed by atoms with van der Waals surface area (Å²) in [4.78, 5) is 12.1. The van der Waals surface area contributed by atoms with Gasteiger partial charge in [-0.2, -0.15) is 0 Å². The number of anilines is 1. The van der Waals surface area contributed by atoms with Crippen molar-refractivity contribution >= 4 is 34.8 Å². The highest BCUT2D eigenvalue weighted by atomic mass is 35.5. The molecule has 2 rings (SSSR count). The molecule has 0 spiro atoms. The second-order valence-electron chi connectivity index (χ2n) is 4.94. The van der Waals surface area contributed by atoms with Crippen molar-refractivity contribution in [2.75, 3.05) is 25.1 Å². The molecule has 0 aliphatic heterocycles. The number of halogens is 2. The van der Waals surface area contributed by atoms with Crippen LogP contribution in [0.3, 0.4) is 0 Å². The summed E-state index contributed by atoms with van der Waals surface area (Å²) in [6, 6.07) is 10.0. The quantitative estimate of drug-likeness (QED) is 0.710. The Labute approximate surface area is 156 Å². The molecule has 1 amide bonds. The van der Waals surface area contributed by atoms with Crippen LogP contribution in [0.1, 0.15) is 13.8 Å². The Morgan fingerprint density at radius 1 is 0.920 bits per heavy atom. The maximum absolute atomic E-state index is 12.1. The van der Waals surface area contributed by atoms with Crippen LogP contribution in [0.5, 0.6) is 17.2 Å². The molecular formula is C18H19Cl2NO4. The number of hydrogen-bond donors (Lipinski definition) is 1. The summed E-state index contributed by atoms with van der Waals surface area (Å²) in [5.41, 5.74) is 0.592. The van der Waals surface area contributed by atoms with Crippen molar-refractivity contribution in [1.29, 1.82) is 0 Å². The Hall–Kier alpha value is -2.11. The number of benzene rings is 2. The maximum atomic E-state index is 12.1. The first-order valence-corrected chi connectivity index (χ1v) is 8.56. The van der Waals surface area contributed by atoms with Gasteiger partial charge in [-0.3, -0.25) is 4.79 Å². The molecule has 0 saturated carbocycles. The van der Waals surface area contributed by atoms with E-state index in [2.05, 4.69) is 5.32 Å². The molecule has 134 valence electrons. The van der Waals surface area contributed by atoms with Gasteiger partial charge in [0.2, 0.25) is 0 Å². The minimum Gasteiger partial charge on any atom is -0.490 e. The van der Waals surface area contributed by atoms with Gasteiger partial charge in [0.1, 0.15) is 5.75 Å². The summed E-state index contributed by atoms with van der Waals surface area (Å²) >= 11 is 11.7. The van der Waals surface area contributed by atoms with Crippen LogP contribution in [0, 0.1) is 0 Å². The summed E-state index contributed by atoms with van der Waals surface area (Å²) in [5.74, 6) is 1.37. The van der Waals surface area contributed by atoms with Crippen molar-refractivity contribution < 1.29 is 19.0 Å². The van der Waals surface area contributed by atoms with E-state index >= 15 is 0 Å². The largest absolute Gasteiger partial charge is 0.490 e. The van der Waals surface area contributed by atoms with Crippen LogP contribution < -0.4 is 19.5 Å². The number of carbonyl (C=O) groups excluding carboxylic acids is 1. The molecule has 7 heteroatoms. The predicted molar refractivity (Wildman–Crippen MR) is 99.4 cm³/mol. The van der Waals surface area contributed by atoms with Gasteiger partial charge in [0.05, 0.1) is 23.3 Å². The van der Waals surface area contributed by atoms with Crippen LogP contribution in [0.15, 0.2) is 36.4 Å². The molecule has 2 aromatic carbocycles. The highest BCUT2D eigenvalue weighted by molar-refractivity contribution is 6.42. The summed E-state index contributed by atoms with van der Waals surface area (Å²) in [7, 11) is 0. The summed E-state index contributed by atoms with van der Waals surface area (Å²) in [5, 5.41) is 3.54. The van der Waals surface area contributed by atoms with E-state index in [1.807, 2.05) is 13.8 Å². The molecule has 1 N–H and O–H groups in total. The third kappa shape index (κ3) is 5.73. The number of amides is 1. The standard InChI is InChI=1S/C18H19Cl2NO4/c1-3-23-16-8-5-12(9-17(16)24-4-2)21-18(22)11-25-13-6-7-14(19)15(20)10-13/h5-10H,3-4,11H2,1-2H3,(H,21,22). The molecule has 0 radical (unpaired) electrons. The number of nitrogens with one attached hydrogen (secondary N) is 1. The van der Waals surface area contributed by atoms with Crippen molar-refractivity contribution in [2.24, 2.45) is 0 Å². The topological polar surface area (TPSA) is 56.8 Å². The molecule has 0 saturated heterocycles. The Morgan fingerprint density at radius 3 is 2.32 bits per heavy atom. The second-order valence-corrected chi connectivity index (χ2v) is 5.75. The normalized spacial score (nSPS) is 10.2. The lowest BCUT2D eigenvalue weighted by Crippen LogP contribution is -2.20. The first-order chi connectivity index (χ1) is 12.0. The van der Waals surface area contributed by atoms with Crippen molar-refractivity contribution in [3.05, 3.63) is 46.4 Å². The van der Waals surface area contributed by atoms with Crippen molar-refractivity contribution in [1.82, 2.24) is 0 Å². The Kier molecular flexibility index (Phi) is 7.22. The SMILES string of the molecule is CCOc1ccc(NC(=O)COc2ccc(Cl)c(Cl)c2)cc1OCC. The lowest BCUT2D eigenvalue weighted by Gasteiger charge is -2.13. The molecule has 25 heavy (non-hydrogen) atoms. The molecule has 0 heterocycles. The van der Waals surface area contributed by atoms with E-state index in [0.29, 0.717) is 46.2 Å². The maximum Gasteiger partial charge on any atom is 0.262 e. The molecule has 0 unspecified atom stereocenters. The molecule has 0 fully saturated rings. The van der Waals surface area contributed by atoms with E-state index < -0.39 is 0 Å². The minimum atomic E-state index is -0.308. The van der Waals surface area contributed by atoms with Crippen LogP contribution in [-0.2, 0) is 4.79 Å². The van der Waals surface area contributed by atoms with Gasteiger partial charge in [-0.1, -0.05) is 23.2 Å². The van der Waals surface area contributed by atoms with E-state index in [1.165, 1.54) is 0 Å². The molecule has 0 aliphatic rings. The van der Waals surface area contributed by atoms with Gasteiger partial charge in [-0.05, 0) is 38.1 Å². The molecule has 0 aromatic heterocycles. The zero-order chi connectivity index (χ0) is 18.2. The average molecular weight is 384 g/mol. The number of carbonyl (C=O) groups is 1. The fourth-order valence-corrected chi connectivity index (χ4v) is 2.33. The zero-order valence-electron chi connectivity index (χ0n) is 14.0. The zero-order valence-corrected chi connectivity index (χ0v) is 15.5. The lowest BCUT2D eigenvalue weighted by atomic mass is 10.2. The molecule has 2 aromatic rings. The van der Waals surface area contributed by atoms with E-state index in [0.717, 1.165) is 0 Å². The van der Waals surface area contributed by atoms with E-state index in [9.17, 15) is 4.79 Å². The van der Waals surface area contributed by atoms with Crippen molar-refractivity contribution in [3.8, 4) is 17.2 Å². The van der Waals surface area contributed by atoms with Crippen LogP contribution >= 0.6 is 23.2 Å². The Morgan fingerprint density at radius 2 is 1.64 bits per heavy atom. The molecule has 0 bridgehead atoms. The number of ether oxygens (including phenoxy) is 3. The molecule has 5 nitrogen and oxygen atoms in total. The molecule has 0 atom stereocenters. The van der Waals surface area contributed by atoms with Gasteiger partial charge in [0.25, 0.3) is 5.91 Å². The van der Waals surface area contributed by atoms with Gasteiger partial charge in [-0.25, -0.2) is 0 Å². The fourth-order valence-electron chi connectivity index (χ4n) is 2.04. The third-order valence-corrected chi connectivity index (χ3v) is 3.83. The highest BCUT2D eigenvalue weighted by Crippen LogP contribution is 2.30. The van der Waals surface area contributed by atoms with Crippen molar-refractivity contribution in [3.63, 3.8) is 0 Å². The van der Waals surface area contributed by atoms with E-state index in [1.54, 1.807) is 36.4 Å². The van der Waals surface area contributed by atoms with Crippen LogP contribution in [-0.4, -0.2) is 25.7 Å². The molecule has 0 aliphatic carbocycles. The van der Waals surface area contributed by atoms with E-state index in [4.69, 9.17) is 37.4 Å². The summed E-state index contributed by atoms with van der Waals surface area (Å²) < 4.78 is 16.4. The first kappa shape index (κ1) is 19.2. The second kappa shape index (κ2) is 9.39. The van der Waals surface area contributed by atoms with Gasteiger partial charge < -0.3 is 19.5 Å². The Bertz CT molecular complexity index is 737. The third-order valence-electron chi connectivity index (χ3n) is 3.09. The minimum absolute atomic E-state index is 0.158. The fraction of sp³-hybridized carbons (Fsp3) is 0.278. The summed E-state index contributed by atoms with van der Waals surface area (Å²) in [6.45, 7) is 4.65. The van der Waals surface area contributed by atoms with Gasteiger partial charge in [0.15, 0.2) is 18.1 Å². The van der Waals surface area contributed by atoms with Crippen LogP contribution in [0.25, 0.3) is 0 Å². The Balaban J connectivity index is 1.97.